The fourth-order valence-electron chi connectivity index (χ4n) is 1.45. The molecule has 0 unspecified atom stereocenters. The molecule has 1 aromatic rings. The monoisotopic (exact) mass is 252 g/mol. The second-order valence-electron chi connectivity index (χ2n) is 3.52. The Morgan fingerprint density at radius 1 is 1.53 bits per heavy atom. The van der Waals surface area contributed by atoms with E-state index in [9.17, 15) is 4.79 Å². The summed E-state index contributed by atoms with van der Waals surface area (Å²) >= 11 is 4.82. The summed E-state index contributed by atoms with van der Waals surface area (Å²) in [6, 6.07) is 7.01. The average Bonchev–Trinajstić information content (AvgIpc) is 2.35. The summed E-state index contributed by atoms with van der Waals surface area (Å²) in [6.07, 6.45) is 0. The van der Waals surface area contributed by atoms with Crippen molar-refractivity contribution in [2.24, 2.45) is 5.73 Å². The van der Waals surface area contributed by atoms with E-state index >= 15 is 0 Å². The molecule has 0 saturated heterocycles. The highest BCUT2D eigenvalue weighted by Gasteiger charge is 2.15. The summed E-state index contributed by atoms with van der Waals surface area (Å²) in [5.74, 6) is 0.557. The largest absolute Gasteiger partial charge is 0.497 e. The molecule has 17 heavy (non-hydrogen) atoms. The Hall–Kier alpha value is -1.62. The first-order valence-corrected chi connectivity index (χ1v) is 5.71. The van der Waals surface area contributed by atoms with Crippen LogP contribution in [0.3, 0.4) is 0 Å². The minimum absolute atomic E-state index is 0.0980. The lowest BCUT2D eigenvalue weighted by molar-refractivity contribution is 0.0787. The van der Waals surface area contributed by atoms with E-state index in [4.69, 9.17) is 22.7 Å². The fourth-order valence-corrected chi connectivity index (χ4v) is 1.61. The standard InChI is InChI=1S/C12H16N2O2S/c1-3-14(8-11(13)17)12(15)9-5-4-6-10(7-9)16-2/h4-7H,3,8H2,1-2H3,(H2,13,17). The lowest BCUT2D eigenvalue weighted by Crippen LogP contribution is -2.37. The predicted octanol–water partition coefficient (Wildman–Crippen LogP) is 1.44. The van der Waals surface area contributed by atoms with Gasteiger partial charge in [-0.15, -0.1) is 0 Å². The maximum absolute atomic E-state index is 12.1. The number of nitrogens with two attached hydrogens (primary N) is 1. The van der Waals surface area contributed by atoms with Crippen LogP contribution in [0.25, 0.3) is 0 Å². The molecule has 2 N–H and O–H groups in total. The molecule has 0 radical (unpaired) electrons. The Bertz CT molecular complexity index is 421. The number of methoxy groups -OCH3 is 1. The minimum atomic E-state index is -0.0980. The smallest absolute Gasteiger partial charge is 0.254 e. The molecular weight excluding hydrogens is 236 g/mol. The molecule has 0 heterocycles. The molecule has 0 aliphatic carbocycles. The Morgan fingerprint density at radius 2 is 2.24 bits per heavy atom. The van der Waals surface area contributed by atoms with E-state index in [2.05, 4.69) is 0 Å². The van der Waals surface area contributed by atoms with Crippen LogP contribution in [0.2, 0.25) is 0 Å². The van der Waals surface area contributed by atoms with Crippen LogP contribution in [-0.2, 0) is 0 Å². The van der Waals surface area contributed by atoms with E-state index in [0.717, 1.165) is 0 Å². The van der Waals surface area contributed by atoms with Gasteiger partial charge in [-0.05, 0) is 25.1 Å². The molecule has 1 rings (SSSR count). The van der Waals surface area contributed by atoms with Crippen molar-refractivity contribution in [3.05, 3.63) is 29.8 Å². The maximum atomic E-state index is 12.1. The van der Waals surface area contributed by atoms with Crippen molar-refractivity contribution in [1.82, 2.24) is 4.90 Å². The summed E-state index contributed by atoms with van der Waals surface area (Å²) in [4.78, 5) is 14.0. The van der Waals surface area contributed by atoms with Crippen LogP contribution < -0.4 is 10.5 Å². The molecule has 0 aliphatic heterocycles. The number of amides is 1. The zero-order valence-electron chi connectivity index (χ0n) is 9.97. The highest BCUT2D eigenvalue weighted by Crippen LogP contribution is 2.14. The highest BCUT2D eigenvalue weighted by molar-refractivity contribution is 7.80. The SMILES string of the molecule is CCN(CC(N)=S)C(=O)c1cccc(OC)c1. The van der Waals surface area contributed by atoms with E-state index in [-0.39, 0.29) is 5.91 Å². The molecule has 0 fully saturated rings. The molecule has 1 amide bonds. The summed E-state index contributed by atoms with van der Waals surface area (Å²) < 4.78 is 5.08. The Morgan fingerprint density at radius 3 is 2.76 bits per heavy atom. The second kappa shape index (κ2) is 6.20. The van der Waals surface area contributed by atoms with Crippen LogP contribution in [0, 0.1) is 0 Å². The zero-order chi connectivity index (χ0) is 12.8. The molecular formula is C12H16N2O2S. The van der Waals surface area contributed by atoms with E-state index < -0.39 is 0 Å². The molecule has 0 aromatic heterocycles. The van der Waals surface area contributed by atoms with Crippen LogP contribution in [0.5, 0.6) is 5.75 Å². The normalized spacial score (nSPS) is 9.76. The topological polar surface area (TPSA) is 55.6 Å². The number of hydrogen-bond donors (Lipinski definition) is 1. The second-order valence-corrected chi connectivity index (χ2v) is 4.04. The first-order valence-electron chi connectivity index (χ1n) is 5.30. The van der Waals surface area contributed by atoms with Gasteiger partial charge in [-0.2, -0.15) is 0 Å². The van der Waals surface area contributed by atoms with E-state index in [1.165, 1.54) is 0 Å². The van der Waals surface area contributed by atoms with Crippen molar-refractivity contribution in [1.29, 1.82) is 0 Å². The van der Waals surface area contributed by atoms with Gasteiger partial charge in [0.05, 0.1) is 18.6 Å². The lowest BCUT2D eigenvalue weighted by Gasteiger charge is -2.20. The van der Waals surface area contributed by atoms with Gasteiger partial charge in [-0.3, -0.25) is 4.79 Å². The van der Waals surface area contributed by atoms with Gasteiger partial charge in [0.2, 0.25) is 0 Å². The van der Waals surface area contributed by atoms with Crippen LogP contribution in [0.4, 0.5) is 0 Å². The first-order chi connectivity index (χ1) is 8.08. The predicted molar refractivity (Wildman–Crippen MR) is 71.4 cm³/mol. The van der Waals surface area contributed by atoms with E-state index in [1.807, 2.05) is 6.92 Å². The third kappa shape index (κ3) is 3.71. The van der Waals surface area contributed by atoms with Gasteiger partial charge in [0, 0.05) is 12.1 Å². The summed E-state index contributed by atoms with van der Waals surface area (Å²) in [5.41, 5.74) is 6.03. The number of benzene rings is 1. The van der Waals surface area contributed by atoms with Crippen LogP contribution in [0.1, 0.15) is 17.3 Å². The first kappa shape index (κ1) is 13.4. The van der Waals surface area contributed by atoms with Crippen molar-refractivity contribution in [3.63, 3.8) is 0 Å². The van der Waals surface area contributed by atoms with Gasteiger partial charge in [0.25, 0.3) is 5.91 Å². The van der Waals surface area contributed by atoms with Gasteiger partial charge >= 0.3 is 0 Å². The van der Waals surface area contributed by atoms with Crippen molar-refractivity contribution < 1.29 is 9.53 Å². The third-order valence-corrected chi connectivity index (χ3v) is 2.46. The highest BCUT2D eigenvalue weighted by atomic mass is 32.1. The molecule has 4 nitrogen and oxygen atoms in total. The number of rotatable bonds is 5. The summed E-state index contributed by atoms with van der Waals surface area (Å²) in [6.45, 7) is 2.74. The number of nitrogens with zero attached hydrogens (tertiary/aromatic N) is 1. The lowest BCUT2D eigenvalue weighted by atomic mass is 10.2. The average molecular weight is 252 g/mol. The van der Waals surface area contributed by atoms with Gasteiger partial charge in [0.15, 0.2) is 0 Å². The van der Waals surface area contributed by atoms with Gasteiger partial charge in [-0.1, -0.05) is 18.3 Å². The summed E-state index contributed by atoms with van der Waals surface area (Å²) in [7, 11) is 1.57. The van der Waals surface area contributed by atoms with Crippen LogP contribution in [0.15, 0.2) is 24.3 Å². The van der Waals surface area contributed by atoms with Crippen molar-refractivity contribution in [3.8, 4) is 5.75 Å². The van der Waals surface area contributed by atoms with Crippen molar-refractivity contribution in [2.45, 2.75) is 6.92 Å². The van der Waals surface area contributed by atoms with Crippen molar-refractivity contribution in [2.75, 3.05) is 20.2 Å². The minimum Gasteiger partial charge on any atom is -0.497 e. The number of likely N-dealkylation sites (N-methyl/N-ethyl adjacent to an activating group) is 1. The Kier molecular flexibility index (Phi) is 4.90. The van der Waals surface area contributed by atoms with E-state index in [0.29, 0.717) is 29.4 Å². The zero-order valence-corrected chi connectivity index (χ0v) is 10.8. The molecule has 1 aromatic carbocycles. The maximum Gasteiger partial charge on any atom is 0.254 e. The van der Waals surface area contributed by atoms with Gasteiger partial charge in [0.1, 0.15) is 5.75 Å². The Balaban J connectivity index is 2.89. The van der Waals surface area contributed by atoms with E-state index in [1.54, 1.807) is 36.3 Å². The summed E-state index contributed by atoms with van der Waals surface area (Å²) in [5, 5.41) is 0. The molecule has 0 saturated carbocycles. The van der Waals surface area contributed by atoms with Crippen molar-refractivity contribution >= 4 is 23.1 Å². The molecule has 5 heteroatoms. The number of carbonyl (C=O) groups is 1. The quantitative estimate of drug-likeness (QED) is 0.806. The van der Waals surface area contributed by atoms with Crippen LogP contribution >= 0.6 is 12.2 Å². The fraction of sp³-hybridized carbons (Fsp3) is 0.333. The number of hydrogen-bond acceptors (Lipinski definition) is 3. The molecule has 92 valence electrons. The number of ether oxygens (including phenoxy) is 1. The number of carbonyl (C=O) groups excluding carboxylic acids is 1. The number of thiocarbonyl (C=S) groups is 1. The molecule has 0 atom stereocenters. The molecule has 0 bridgehead atoms. The van der Waals surface area contributed by atoms with Gasteiger partial charge in [-0.25, -0.2) is 0 Å². The Labute approximate surface area is 106 Å². The third-order valence-electron chi connectivity index (χ3n) is 2.33. The molecule has 0 aliphatic rings. The van der Waals surface area contributed by atoms with Gasteiger partial charge < -0.3 is 15.4 Å². The molecule has 0 spiro atoms. The van der Waals surface area contributed by atoms with Crippen LogP contribution in [-0.4, -0.2) is 36.0 Å².